The van der Waals surface area contributed by atoms with E-state index in [1.54, 1.807) is 4.90 Å². The summed E-state index contributed by atoms with van der Waals surface area (Å²) in [5.74, 6) is 1.10. The van der Waals surface area contributed by atoms with Crippen molar-refractivity contribution in [3.63, 3.8) is 0 Å². The maximum absolute atomic E-state index is 12.1. The minimum atomic E-state index is 0. The molecule has 1 aliphatic heterocycles. The molecule has 0 saturated carbocycles. The molecule has 2 rings (SSSR count). The number of aryl methyl sites for hydroxylation is 1. The Labute approximate surface area is 139 Å². The van der Waals surface area contributed by atoms with Gasteiger partial charge >= 0.3 is 0 Å². The first-order valence-corrected chi connectivity index (χ1v) is 7.81. The van der Waals surface area contributed by atoms with Gasteiger partial charge in [-0.2, -0.15) is 0 Å². The van der Waals surface area contributed by atoms with E-state index in [1.807, 2.05) is 38.2 Å². The quantitative estimate of drug-likeness (QED) is 0.772. The van der Waals surface area contributed by atoms with Crippen LogP contribution >= 0.6 is 12.4 Å². The molecule has 1 aromatic rings. The van der Waals surface area contributed by atoms with Crippen molar-refractivity contribution in [3.8, 4) is 5.75 Å². The molecule has 0 aliphatic carbocycles. The summed E-state index contributed by atoms with van der Waals surface area (Å²) in [5.41, 5.74) is 1.13. The number of amides is 1. The monoisotopic (exact) mass is 326 g/mol. The molecule has 0 aromatic heterocycles. The highest BCUT2D eigenvalue weighted by atomic mass is 35.5. The van der Waals surface area contributed by atoms with Gasteiger partial charge in [-0.05, 0) is 44.5 Å². The first-order valence-electron chi connectivity index (χ1n) is 7.81. The molecule has 1 aromatic carbocycles. The molecule has 1 amide bonds. The van der Waals surface area contributed by atoms with E-state index in [0.29, 0.717) is 19.6 Å². The number of rotatable bonds is 7. The highest BCUT2D eigenvalue weighted by molar-refractivity contribution is 5.85. The molecule has 124 valence electrons. The molecule has 0 spiro atoms. The Morgan fingerprint density at radius 3 is 2.64 bits per heavy atom. The van der Waals surface area contributed by atoms with Crippen LogP contribution in [0.15, 0.2) is 24.3 Å². The van der Waals surface area contributed by atoms with Gasteiger partial charge in [0.25, 0.3) is 0 Å². The molecule has 0 bridgehead atoms. The van der Waals surface area contributed by atoms with E-state index in [0.717, 1.165) is 30.9 Å². The standard InChI is InChI=1S/C17H26N2O2.ClH/c1-15-7-3-4-8-16(15)21-14-13-18(2)17(20)9-12-19-10-5-6-11-19;/h3-4,7-8H,5-6,9-14H2,1-2H3;1H. The van der Waals surface area contributed by atoms with E-state index < -0.39 is 0 Å². The number of likely N-dealkylation sites (N-methyl/N-ethyl adjacent to an activating group) is 1. The van der Waals surface area contributed by atoms with Gasteiger partial charge in [-0.3, -0.25) is 4.79 Å². The number of benzene rings is 1. The Morgan fingerprint density at radius 1 is 1.27 bits per heavy atom. The third-order valence-corrected chi connectivity index (χ3v) is 4.04. The number of para-hydroxylation sites is 1. The number of likely N-dealkylation sites (tertiary alicyclic amines) is 1. The second kappa shape index (κ2) is 9.70. The zero-order chi connectivity index (χ0) is 15.1. The predicted octanol–water partition coefficient (Wildman–Crippen LogP) is 2.74. The molecule has 0 unspecified atom stereocenters. The summed E-state index contributed by atoms with van der Waals surface area (Å²) in [6, 6.07) is 7.95. The molecule has 0 radical (unpaired) electrons. The zero-order valence-corrected chi connectivity index (χ0v) is 14.4. The summed E-state index contributed by atoms with van der Waals surface area (Å²) in [4.78, 5) is 16.2. The van der Waals surface area contributed by atoms with E-state index in [4.69, 9.17) is 4.74 Å². The lowest BCUT2D eigenvalue weighted by Crippen LogP contribution is -2.33. The molecule has 0 N–H and O–H groups in total. The summed E-state index contributed by atoms with van der Waals surface area (Å²) in [7, 11) is 1.85. The highest BCUT2D eigenvalue weighted by Gasteiger charge is 2.14. The lowest BCUT2D eigenvalue weighted by Gasteiger charge is -2.20. The maximum atomic E-state index is 12.1. The van der Waals surface area contributed by atoms with Crippen molar-refractivity contribution < 1.29 is 9.53 Å². The summed E-state index contributed by atoms with van der Waals surface area (Å²) < 4.78 is 5.73. The van der Waals surface area contributed by atoms with Gasteiger partial charge in [0.2, 0.25) is 5.91 Å². The van der Waals surface area contributed by atoms with Gasteiger partial charge in [0.05, 0.1) is 6.54 Å². The van der Waals surface area contributed by atoms with Gasteiger partial charge in [-0.1, -0.05) is 18.2 Å². The number of carbonyl (C=O) groups excluding carboxylic acids is 1. The van der Waals surface area contributed by atoms with Crippen LogP contribution in [0.2, 0.25) is 0 Å². The molecule has 4 nitrogen and oxygen atoms in total. The topological polar surface area (TPSA) is 32.8 Å². The zero-order valence-electron chi connectivity index (χ0n) is 13.6. The van der Waals surface area contributed by atoms with Crippen molar-refractivity contribution in [2.75, 3.05) is 39.8 Å². The molecular weight excluding hydrogens is 300 g/mol. The lowest BCUT2D eigenvalue weighted by atomic mass is 10.2. The number of carbonyl (C=O) groups is 1. The average molecular weight is 327 g/mol. The van der Waals surface area contributed by atoms with Crippen LogP contribution in [-0.4, -0.2) is 55.5 Å². The second-order valence-corrected chi connectivity index (χ2v) is 5.73. The van der Waals surface area contributed by atoms with Gasteiger partial charge in [-0.15, -0.1) is 12.4 Å². The fourth-order valence-electron chi connectivity index (χ4n) is 2.59. The van der Waals surface area contributed by atoms with Crippen LogP contribution < -0.4 is 4.74 Å². The predicted molar refractivity (Wildman–Crippen MR) is 91.9 cm³/mol. The first kappa shape index (κ1) is 18.8. The number of halogens is 1. The fourth-order valence-corrected chi connectivity index (χ4v) is 2.59. The molecule has 22 heavy (non-hydrogen) atoms. The van der Waals surface area contributed by atoms with Gasteiger partial charge < -0.3 is 14.5 Å². The molecular formula is C17H27ClN2O2. The Kier molecular flexibility index (Phi) is 8.28. The van der Waals surface area contributed by atoms with Gasteiger partial charge in [0.1, 0.15) is 12.4 Å². The smallest absolute Gasteiger partial charge is 0.223 e. The minimum absolute atomic E-state index is 0. The van der Waals surface area contributed by atoms with E-state index in [-0.39, 0.29) is 18.3 Å². The third-order valence-electron chi connectivity index (χ3n) is 4.04. The normalized spacial score (nSPS) is 14.5. The Hall–Kier alpha value is -1.26. The molecule has 1 saturated heterocycles. The van der Waals surface area contributed by atoms with Gasteiger partial charge in [0, 0.05) is 20.0 Å². The lowest BCUT2D eigenvalue weighted by molar-refractivity contribution is -0.130. The molecule has 5 heteroatoms. The summed E-state index contributed by atoms with van der Waals surface area (Å²) in [5, 5.41) is 0. The van der Waals surface area contributed by atoms with E-state index in [2.05, 4.69) is 4.90 Å². The van der Waals surface area contributed by atoms with Crippen LogP contribution in [0, 0.1) is 6.92 Å². The molecule has 1 fully saturated rings. The van der Waals surface area contributed by atoms with Gasteiger partial charge in [-0.25, -0.2) is 0 Å². The Morgan fingerprint density at radius 2 is 1.95 bits per heavy atom. The summed E-state index contributed by atoms with van der Waals surface area (Å²) in [6.45, 7) is 6.38. The number of hydrogen-bond acceptors (Lipinski definition) is 3. The van der Waals surface area contributed by atoms with Crippen LogP contribution in [-0.2, 0) is 4.79 Å². The van der Waals surface area contributed by atoms with Crippen LogP contribution in [0.1, 0.15) is 24.8 Å². The summed E-state index contributed by atoms with van der Waals surface area (Å²) >= 11 is 0. The minimum Gasteiger partial charge on any atom is -0.491 e. The molecule has 1 heterocycles. The SMILES string of the molecule is Cc1ccccc1OCCN(C)C(=O)CCN1CCCC1.Cl. The van der Waals surface area contributed by atoms with Crippen molar-refractivity contribution >= 4 is 18.3 Å². The molecule has 1 aliphatic rings. The van der Waals surface area contributed by atoms with Crippen molar-refractivity contribution in [1.29, 1.82) is 0 Å². The number of nitrogens with zero attached hydrogens (tertiary/aromatic N) is 2. The maximum Gasteiger partial charge on any atom is 0.223 e. The number of ether oxygens (including phenoxy) is 1. The van der Waals surface area contributed by atoms with Crippen molar-refractivity contribution in [2.45, 2.75) is 26.2 Å². The van der Waals surface area contributed by atoms with Crippen LogP contribution in [0.25, 0.3) is 0 Å². The van der Waals surface area contributed by atoms with Gasteiger partial charge in [0.15, 0.2) is 0 Å². The van der Waals surface area contributed by atoms with Crippen molar-refractivity contribution in [3.05, 3.63) is 29.8 Å². The first-order chi connectivity index (χ1) is 10.2. The average Bonchev–Trinajstić information content (AvgIpc) is 3.00. The second-order valence-electron chi connectivity index (χ2n) is 5.73. The van der Waals surface area contributed by atoms with Crippen molar-refractivity contribution in [2.24, 2.45) is 0 Å². The highest BCUT2D eigenvalue weighted by Crippen LogP contribution is 2.15. The van der Waals surface area contributed by atoms with Crippen LogP contribution in [0.3, 0.4) is 0 Å². The van der Waals surface area contributed by atoms with Crippen LogP contribution in [0.5, 0.6) is 5.75 Å². The summed E-state index contributed by atoms with van der Waals surface area (Å²) in [6.07, 6.45) is 3.16. The Balaban J connectivity index is 0.00000242. The largest absolute Gasteiger partial charge is 0.491 e. The van der Waals surface area contributed by atoms with Crippen LogP contribution in [0.4, 0.5) is 0 Å². The molecule has 0 atom stereocenters. The van der Waals surface area contributed by atoms with Crippen molar-refractivity contribution in [1.82, 2.24) is 9.80 Å². The third kappa shape index (κ3) is 5.85. The Bertz CT molecular complexity index is 462. The van der Waals surface area contributed by atoms with E-state index >= 15 is 0 Å². The van der Waals surface area contributed by atoms with E-state index in [1.165, 1.54) is 12.8 Å². The van der Waals surface area contributed by atoms with E-state index in [9.17, 15) is 4.79 Å². The number of hydrogen-bond donors (Lipinski definition) is 0. The fraction of sp³-hybridized carbons (Fsp3) is 0.588.